The van der Waals surface area contributed by atoms with Gasteiger partial charge in [0.05, 0.1) is 25.9 Å². The first-order valence-corrected chi connectivity index (χ1v) is 8.82. The van der Waals surface area contributed by atoms with Crippen LogP contribution in [0.5, 0.6) is 11.6 Å². The second-order valence-corrected chi connectivity index (χ2v) is 6.78. The van der Waals surface area contributed by atoms with Gasteiger partial charge in [-0.3, -0.25) is 9.59 Å². The molecular weight excluding hydrogens is 369 g/mol. The molecule has 1 aromatic heterocycles. The number of nitrogens with two attached hydrogens (primary N) is 1. The van der Waals surface area contributed by atoms with Crippen molar-refractivity contribution in [2.45, 2.75) is 25.1 Å². The van der Waals surface area contributed by atoms with Gasteiger partial charge in [0, 0.05) is 30.0 Å². The predicted octanol–water partition coefficient (Wildman–Crippen LogP) is 0.946. The second kappa shape index (κ2) is 7.59. The number of methoxy groups -OCH3 is 1. The lowest BCUT2D eigenvalue weighted by Gasteiger charge is -2.21. The maximum absolute atomic E-state index is 14.5. The molecule has 0 aliphatic carbocycles. The number of hydrogen-bond acceptors (Lipinski definition) is 6. The number of alkyl halides is 1. The summed E-state index contributed by atoms with van der Waals surface area (Å²) in [5.74, 6) is -1.48. The van der Waals surface area contributed by atoms with E-state index in [0.717, 1.165) is 0 Å². The smallest absolute Gasteiger partial charge is 0.260 e. The van der Waals surface area contributed by atoms with Gasteiger partial charge in [0.25, 0.3) is 11.8 Å². The third-order valence-electron chi connectivity index (χ3n) is 5.23. The number of amides is 2. The summed E-state index contributed by atoms with van der Waals surface area (Å²) in [4.78, 5) is 27.5. The van der Waals surface area contributed by atoms with Gasteiger partial charge in [0.15, 0.2) is 0 Å². The zero-order valence-corrected chi connectivity index (χ0v) is 15.6. The average molecular weight is 391 g/mol. The molecule has 4 N–H and O–H groups in total. The number of carbonyl (C=O) groups excluding carboxylic acids is 2. The van der Waals surface area contributed by atoms with Crippen molar-refractivity contribution in [1.29, 1.82) is 0 Å². The summed E-state index contributed by atoms with van der Waals surface area (Å²) in [5, 5.41) is 13.1. The number of benzene rings is 1. The van der Waals surface area contributed by atoms with Gasteiger partial charge >= 0.3 is 0 Å². The first-order chi connectivity index (χ1) is 13.3. The van der Waals surface area contributed by atoms with E-state index < -0.39 is 36.0 Å². The summed E-state index contributed by atoms with van der Waals surface area (Å²) in [5.41, 5.74) is 3.35. The number of primary amides is 1. The highest BCUT2D eigenvalue weighted by Crippen LogP contribution is 2.33. The van der Waals surface area contributed by atoms with E-state index in [2.05, 4.69) is 10.3 Å². The molecule has 9 heteroatoms. The average Bonchev–Trinajstić information content (AvgIpc) is 2.91. The third kappa shape index (κ3) is 3.33. The lowest BCUT2D eigenvalue weighted by Crippen LogP contribution is -2.40. The molecule has 150 valence electrons. The lowest BCUT2D eigenvalue weighted by molar-refractivity contribution is -0.133. The van der Waals surface area contributed by atoms with E-state index in [1.807, 2.05) is 0 Å². The molecule has 2 heterocycles. The molecule has 28 heavy (non-hydrogen) atoms. The van der Waals surface area contributed by atoms with Gasteiger partial charge in [-0.2, -0.15) is 0 Å². The number of fused-ring (bicyclic) bond motifs is 1. The maximum Gasteiger partial charge on any atom is 0.260 e. The molecule has 3 rings (SSSR count). The topological polar surface area (TPSA) is 124 Å². The highest BCUT2D eigenvalue weighted by atomic mass is 19.1. The van der Waals surface area contributed by atoms with Gasteiger partial charge in [-0.15, -0.1) is 0 Å². The summed E-state index contributed by atoms with van der Waals surface area (Å²) in [6.45, 7) is 0.887. The predicted molar refractivity (Wildman–Crippen MR) is 98.9 cm³/mol. The Bertz CT molecular complexity index is 922. The number of nitrogens with zero attached hydrogens (tertiary/aromatic N) is 1. The molecule has 1 aliphatic heterocycles. The number of pyridine rings is 1. The highest BCUT2D eigenvalue weighted by Gasteiger charge is 2.53. The van der Waals surface area contributed by atoms with E-state index in [1.54, 1.807) is 25.1 Å². The van der Waals surface area contributed by atoms with E-state index in [-0.39, 0.29) is 12.2 Å². The fourth-order valence-electron chi connectivity index (χ4n) is 3.41. The Labute approximate surface area is 160 Å². The minimum absolute atomic E-state index is 0.169. The Morgan fingerprint density at radius 1 is 1.46 bits per heavy atom. The van der Waals surface area contributed by atoms with Crippen LogP contribution in [-0.4, -0.2) is 53.9 Å². The molecule has 2 aromatic rings. The van der Waals surface area contributed by atoms with Gasteiger partial charge in [-0.05, 0) is 23.6 Å². The molecule has 0 saturated carbocycles. The van der Waals surface area contributed by atoms with Crippen molar-refractivity contribution in [3.63, 3.8) is 0 Å². The first kappa shape index (κ1) is 19.8. The van der Waals surface area contributed by atoms with Crippen molar-refractivity contribution in [2.75, 3.05) is 20.3 Å². The normalized spacial score (nSPS) is 24.2. The summed E-state index contributed by atoms with van der Waals surface area (Å²) in [6, 6.07) is 4.47. The van der Waals surface area contributed by atoms with Crippen LogP contribution in [-0.2, 0) is 4.79 Å². The van der Waals surface area contributed by atoms with Crippen LogP contribution in [0.2, 0.25) is 0 Å². The van der Waals surface area contributed by atoms with Gasteiger partial charge < -0.3 is 25.6 Å². The van der Waals surface area contributed by atoms with E-state index in [9.17, 15) is 19.1 Å². The number of ether oxygens (including phenoxy) is 2. The number of carbonyl (C=O) groups is 2. The Morgan fingerprint density at radius 3 is 2.82 bits per heavy atom. The molecule has 3 atom stereocenters. The Morgan fingerprint density at radius 2 is 2.21 bits per heavy atom. The number of halogens is 1. The van der Waals surface area contributed by atoms with Crippen LogP contribution in [0.15, 0.2) is 24.4 Å². The van der Waals surface area contributed by atoms with Gasteiger partial charge in [0.1, 0.15) is 5.75 Å². The van der Waals surface area contributed by atoms with Gasteiger partial charge in [-0.1, -0.05) is 6.92 Å². The number of hydrogen-bond donors (Lipinski definition) is 3. The van der Waals surface area contributed by atoms with Crippen LogP contribution in [0, 0.1) is 5.92 Å². The molecule has 0 radical (unpaired) electrons. The molecule has 0 spiro atoms. The fourth-order valence-corrected chi connectivity index (χ4v) is 3.41. The van der Waals surface area contributed by atoms with Crippen molar-refractivity contribution >= 4 is 22.6 Å². The van der Waals surface area contributed by atoms with Crippen molar-refractivity contribution < 1.29 is 28.6 Å². The second-order valence-electron chi connectivity index (χ2n) is 6.78. The zero-order valence-electron chi connectivity index (χ0n) is 15.6. The SMILES string of the molecule is COc1cc2c(OCC[C@H]3NC(=O)[C@@](F)(CO)[C@H]3C)nccc2cc1C(N)=O. The quantitative estimate of drug-likeness (QED) is 0.646. The van der Waals surface area contributed by atoms with Crippen LogP contribution in [0.25, 0.3) is 10.8 Å². The van der Waals surface area contributed by atoms with Crippen molar-refractivity contribution in [2.24, 2.45) is 11.7 Å². The summed E-state index contributed by atoms with van der Waals surface area (Å²) >= 11 is 0. The van der Waals surface area contributed by atoms with E-state index in [1.165, 1.54) is 13.3 Å². The number of rotatable bonds is 7. The highest BCUT2D eigenvalue weighted by molar-refractivity contribution is 6.01. The minimum Gasteiger partial charge on any atom is -0.496 e. The van der Waals surface area contributed by atoms with E-state index in [4.69, 9.17) is 15.2 Å². The van der Waals surface area contributed by atoms with Crippen molar-refractivity contribution in [1.82, 2.24) is 10.3 Å². The number of aliphatic hydroxyl groups is 1. The molecule has 1 aliphatic rings. The van der Waals surface area contributed by atoms with Crippen LogP contribution >= 0.6 is 0 Å². The van der Waals surface area contributed by atoms with E-state index in [0.29, 0.717) is 28.8 Å². The summed E-state index contributed by atoms with van der Waals surface area (Å²) < 4.78 is 25.4. The van der Waals surface area contributed by atoms with Crippen LogP contribution in [0.4, 0.5) is 4.39 Å². The molecule has 1 saturated heterocycles. The van der Waals surface area contributed by atoms with E-state index >= 15 is 0 Å². The van der Waals surface area contributed by atoms with Crippen molar-refractivity contribution in [3.8, 4) is 11.6 Å². The largest absolute Gasteiger partial charge is 0.496 e. The Balaban J connectivity index is 1.77. The first-order valence-electron chi connectivity index (χ1n) is 8.82. The van der Waals surface area contributed by atoms with Crippen LogP contribution < -0.4 is 20.5 Å². The monoisotopic (exact) mass is 391 g/mol. The Kier molecular flexibility index (Phi) is 5.37. The number of aliphatic hydroxyl groups excluding tert-OH is 1. The van der Waals surface area contributed by atoms with Gasteiger partial charge in [-0.25, -0.2) is 9.37 Å². The Hall–Kier alpha value is -2.94. The summed E-state index contributed by atoms with van der Waals surface area (Å²) in [7, 11) is 1.43. The standard InChI is InChI=1S/C19H22FN3O5/c1-10-14(23-18(26)19(10,20)9-24)4-6-28-17-12-8-15(27-2)13(16(21)25)7-11(12)3-5-22-17/h3,5,7-8,10,14,24H,4,6,9H2,1-2H3,(H2,21,25)(H,23,26)/t10-,14+,19+/m0/s1. The van der Waals surface area contributed by atoms with Crippen molar-refractivity contribution in [3.05, 3.63) is 30.0 Å². The summed E-state index contributed by atoms with van der Waals surface area (Å²) in [6.07, 6.45) is 1.88. The fraction of sp³-hybridized carbons (Fsp3) is 0.421. The minimum atomic E-state index is -2.28. The molecule has 8 nitrogen and oxygen atoms in total. The third-order valence-corrected chi connectivity index (χ3v) is 5.23. The molecule has 1 fully saturated rings. The molecule has 0 bridgehead atoms. The molecular formula is C19H22FN3O5. The molecule has 0 unspecified atom stereocenters. The lowest BCUT2D eigenvalue weighted by atomic mass is 9.88. The van der Waals surface area contributed by atoms with Crippen LogP contribution in [0.3, 0.4) is 0 Å². The maximum atomic E-state index is 14.5. The van der Waals surface area contributed by atoms with Gasteiger partial charge in [0.2, 0.25) is 11.5 Å². The number of nitrogens with one attached hydrogen (secondary N) is 1. The zero-order chi connectivity index (χ0) is 20.5. The molecule has 1 aromatic carbocycles. The number of aromatic nitrogens is 1. The van der Waals surface area contributed by atoms with Crippen LogP contribution in [0.1, 0.15) is 23.7 Å². The molecule has 2 amide bonds.